The molecule has 0 radical (unpaired) electrons. The van der Waals surface area contributed by atoms with Gasteiger partial charge in [0.2, 0.25) is 5.91 Å². The molecule has 1 aromatic heterocycles. The van der Waals surface area contributed by atoms with Gasteiger partial charge in [-0.3, -0.25) is 9.59 Å². The van der Waals surface area contributed by atoms with E-state index in [1.165, 1.54) is 0 Å². The van der Waals surface area contributed by atoms with Crippen molar-refractivity contribution in [3.05, 3.63) is 58.8 Å². The van der Waals surface area contributed by atoms with Crippen LogP contribution in [-0.4, -0.2) is 23.3 Å². The molecule has 0 aliphatic carbocycles. The zero-order valence-electron chi connectivity index (χ0n) is 10.5. The van der Waals surface area contributed by atoms with Crippen LogP contribution in [0.15, 0.2) is 53.3 Å². The lowest BCUT2D eigenvalue weighted by atomic mass is 10.2. The first-order valence-corrected chi connectivity index (χ1v) is 6.70. The molecule has 2 rings (SSSR count). The summed E-state index contributed by atoms with van der Waals surface area (Å²) in [4.78, 5) is 27.5. The Morgan fingerprint density at radius 3 is 2.55 bits per heavy atom. The van der Waals surface area contributed by atoms with Crippen molar-refractivity contribution in [3.8, 4) is 0 Å². The largest absolute Gasteiger partial charge is 0.343 e. The lowest BCUT2D eigenvalue weighted by molar-refractivity contribution is -0.115. The van der Waals surface area contributed by atoms with Crippen LogP contribution in [0, 0.1) is 0 Å². The summed E-state index contributed by atoms with van der Waals surface area (Å²) in [5, 5.41) is 5.21. The quantitative estimate of drug-likeness (QED) is 0.842. The molecule has 102 valence electrons. The van der Waals surface area contributed by atoms with Crippen molar-refractivity contribution in [2.75, 3.05) is 11.9 Å². The van der Waals surface area contributed by atoms with Crippen molar-refractivity contribution in [2.24, 2.45) is 0 Å². The van der Waals surface area contributed by atoms with Crippen molar-refractivity contribution >= 4 is 33.4 Å². The van der Waals surface area contributed by atoms with E-state index in [1.54, 1.807) is 42.6 Å². The minimum atomic E-state index is -0.317. The third-order valence-corrected chi connectivity index (χ3v) is 3.11. The molecule has 2 aromatic rings. The number of nitrogens with zero attached hydrogens (tertiary/aromatic N) is 1. The summed E-state index contributed by atoms with van der Waals surface area (Å²) in [7, 11) is 0. The Bertz CT molecular complexity index is 617. The number of aromatic nitrogens is 1. The topological polar surface area (TPSA) is 71.1 Å². The zero-order valence-corrected chi connectivity index (χ0v) is 12.1. The Labute approximate surface area is 124 Å². The first kappa shape index (κ1) is 14.2. The Morgan fingerprint density at radius 1 is 1.10 bits per heavy atom. The fourth-order valence-electron chi connectivity index (χ4n) is 1.53. The maximum Gasteiger partial charge on any atom is 0.251 e. The van der Waals surface area contributed by atoms with E-state index in [4.69, 9.17) is 0 Å². The van der Waals surface area contributed by atoms with E-state index < -0.39 is 0 Å². The summed E-state index contributed by atoms with van der Waals surface area (Å²) in [5.74, 6) is -0.603. The number of carbonyl (C=O) groups excluding carboxylic acids is 2. The third kappa shape index (κ3) is 3.89. The van der Waals surface area contributed by atoms with Gasteiger partial charge >= 0.3 is 0 Å². The van der Waals surface area contributed by atoms with Crippen molar-refractivity contribution in [1.29, 1.82) is 0 Å². The van der Waals surface area contributed by atoms with E-state index in [1.807, 2.05) is 6.07 Å². The lowest BCUT2D eigenvalue weighted by Crippen LogP contribution is -2.32. The maximum atomic E-state index is 11.8. The lowest BCUT2D eigenvalue weighted by Gasteiger charge is -2.07. The van der Waals surface area contributed by atoms with E-state index in [-0.39, 0.29) is 18.4 Å². The van der Waals surface area contributed by atoms with Crippen molar-refractivity contribution in [1.82, 2.24) is 10.3 Å². The zero-order chi connectivity index (χ0) is 14.4. The average Bonchev–Trinajstić information content (AvgIpc) is 2.48. The molecule has 0 aliphatic rings. The molecule has 0 fully saturated rings. The summed E-state index contributed by atoms with van der Waals surface area (Å²) in [5.41, 5.74) is 1.08. The molecule has 6 heteroatoms. The van der Waals surface area contributed by atoms with Crippen LogP contribution in [0.1, 0.15) is 10.4 Å². The van der Waals surface area contributed by atoms with Gasteiger partial charge < -0.3 is 10.6 Å². The number of hydrogen-bond acceptors (Lipinski definition) is 3. The van der Waals surface area contributed by atoms with Crippen LogP contribution in [-0.2, 0) is 4.79 Å². The van der Waals surface area contributed by atoms with Gasteiger partial charge in [-0.25, -0.2) is 4.98 Å². The van der Waals surface area contributed by atoms with Crippen molar-refractivity contribution in [3.63, 3.8) is 0 Å². The first-order valence-electron chi connectivity index (χ1n) is 5.90. The highest BCUT2D eigenvalue weighted by Crippen LogP contribution is 2.17. The SMILES string of the molecule is O=C(CNC(=O)c1ccccc1)Nc1cccnc1Br. The van der Waals surface area contributed by atoms with E-state index in [0.29, 0.717) is 15.9 Å². The van der Waals surface area contributed by atoms with E-state index in [9.17, 15) is 9.59 Å². The van der Waals surface area contributed by atoms with Crippen LogP contribution in [0.3, 0.4) is 0 Å². The van der Waals surface area contributed by atoms with Crippen molar-refractivity contribution < 1.29 is 9.59 Å². The van der Waals surface area contributed by atoms with Gasteiger partial charge in [0.05, 0.1) is 12.2 Å². The fraction of sp³-hybridized carbons (Fsp3) is 0.0714. The molecule has 20 heavy (non-hydrogen) atoms. The van der Waals surface area contributed by atoms with Crippen molar-refractivity contribution in [2.45, 2.75) is 0 Å². The molecule has 2 amide bonds. The summed E-state index contributed by atoms with van der Waals surface area (Å²) >= 11 is 3.23. The minimum Gasteiger partial charge on any atom is -0.343 e. The van der Waals surface area contributed by atoms with Gasteiger partial charge in [-0.15, -0.1) is 0 Å². The molecule has 1 aromatic carbocycles. The predicted octanol–water partition coefficient (Wildman–Crippen LogP) is 2.21. The third-order valence-electron chi connectivity index (χ3n) is 2.48. The van der Waals surface area contributed by atoms with E-state index in [2.05, 4.69) is 31.5 Å². The van der Waals surface area contributed by atoms with Crippen LogP contribution >= 0.6 is 15.9 Å². The smallest absolute Gasteiger partial charge is 0.251 e. The molecular formula is C14H12BrN3O2. The predicted molar refractivity (Wildman–Crippen MR) is 79.3 cm³/mol. The second-order valence-electron chi connectivity index (χ2n) is 3.94. The summed E-state index contributed by atoms with van der Waals surface area (Å²) in [6.07, 6.45) is 1.61. The number of pyridine rings is 1. The number of rotatable bonds is 4. The molecular weight excluding hydrogens is 322 g/mol. The minimum absolute atomic E-state index is 0.102. The monoisotopic (exact) mass is 333 g/mol. The van der Waals surface area contributed by atoms with Crippen LogP contribution < -0.4 is 10.6 Å². The van der Waals surface area contributed by atoms with Gasteiger partial charge in [0.25, 0.3) is 5.91 Å². The highest BCUT2D eigenvalue weighted by atomic mass is 79.9. The maximum absolute atomic E-state index is 11.8. The van der Waals surface area contributed by atoms with Gasteiger partial charge in [-0.1, -0.05) is 18.2 Å². The Morgan fingerprint density at radius 2 is 1.85 bits per heavy atom. The van der Waals surface area contributed by atoms with Gasteiger partial charge in [-0.05, 0) is 40.2 Å². The molecule has 5 nitrogen and oxygen atoms in total. The molecule has 2 N–H and O–H groups in total. The van der Waals surface area contributed by atoms with Gasteiger partial charge in [0, 0.05) is 11.8 Å². The standard InChI is InChI=1S/C14H12BrN3O2/c15-13-11(7-4-8-16-13)18-12(19)9-17-14(20)10-5-2-1-3-6-10/h1-8H,9H2,(H,17,20)(H,18,19). The Kier molecular flexibility index (Phi) is 4.84. The second-order valence-corrected chi connectivity index (χ2v) is 4.69. The van der Waals surface area contributed by atoms with Gasteiger partial charge in [0.15, 0.2) is 0 Å². The number of anilines is 1. The number of hydrogen-bond donors (Lipinski definition) is 2. The summed E-state index contributed by atoms with van der Waals surface area (Å²) in [6.45, 7) is -0.102. The molecule has 0 spiro atoms. The number of amides is 2. The normalized spacial score (nSPS) is 9.85. The number of halogens is 1. The molecule has 1 heterocycles. The number of carbonyl (C=O) groups is 2. The molecule has 0 saturated heterocycles. The van der Waals surface area contributed by atoms with Gasteiger partial charge in [0.1, 0.15) is 4.60 Å². The Hall–Kier alpha value is -2.21. The summed E-state index contributed by atoms with van der Waals surface area (Å²) in [6, 6.07) is 12.2. The van der Waals surface area contributed by atoms with Crippen LogP contribution in [0.2, 0.25) is 0 Å². The highest BCUT2D eigenvalue weighted by Gasteiger charge is 2.09. The van der Waals surface area contributed by atoms with E-state index >= 15 is 0 Å². The van der Waals surface area contributed by atoms with Crippen LogP contribution in [0.25, 0.3) is 0 Å². The van der Waals surface area contributed by atoms with E-state index in [0.717, 1.165) is 0 Å². The number of nitrogens with one attached hydrogen (secondary N) is 2. The molecule has 0 atom stereocenters. The Balaban J connectivity index is 1.87. The number of benzene rings is 1. The molecule has 0 unspecified atom stereocenters. The van der Waals surface area contributed by atoms with Crippen LogP contribution in [0.5, 0.6) is 0 Å². The molecule has 0 saturated carbocycles. The van der Waals surface area contributed by atoms with Gasteiger partial charge in [-0.2, -0.15) is 0 Å². The second kappa shape index (κ2) is 6.81. The highest BCUT2D eigenvalue weighted by molar-refractivity contribution is 9.10. The first-order chi connectivity index (χ1) is 9.66. The van der Waals surface area contributed by atoms with Crippen LogP contribution in [0.4, 0.5) is 5.69 Å². The molecule has 0 aliphatic heterocycles. The molecule has 0 bridgehead atoms. The summed E-state index contributed by atoms with van der Waals surface area (Å²) < 4.78 is 0.544. The fourth-order valence-corrected chi connectivity index (χ4v) is 1.88. The average molecular weight is 334 g/mol.